The predicted octanol–water partition coefficient (Wildman–Crippen LogP) is 4.05. The van der Waals surface area contributed by atoms with Crippen molar-refractivity contribution < 1.29 is 41.0 Å². The van der Waals surface area contributed by atoms with Gasteiger partial charge >= 0.3 is 12.1 Å². The zero-order valence-corrected chi connectivity index (χ0v) is 19.7. The Balaban J connectivity index is 2.13. The number of halogens is 3. The highest BCUT2D eigenvalue weighted by Gasteiger charge is 2.30. The first-order valence-electron chi connectivity index (χ1n) is 11.1. The SMILES string of the molecule is CCOC(=O)CCCCCCNS(=O)(=O)CCCCC(O)COc1cccc(C(F)(F)F)c1. The van der Waals surface area contributed by atoms with Gasteiger partial charge in [-0.25, -0.2) is 13.1 Å². The third-order valence-corrected chi connectivity index (χ3v) is 6.21. The Morgan fingerprint density at radius 1 is 1.12 bits per heavy atom. The van der Waals surface area contributed by atoms with Gasteiger partial charge in [-0.3, -0.25) is 4.79 Å². The fourth-order valence-corrected chi connectivity index (χ4v) is 4.17. The number of sulfonamides is 1. The second-order valence-electron chi connectivity index (χ2n) is 7.67. The summed E-state index contributed by atoms with van der Waals surface area (Å²) in [7, 11) is -3.41. The minimum atomic E-state index is -4.47. The molecule has 0 saturated heterocycles. The van der Waals surface area contributed by atoms with Crippen molar-refractivity contribution in [1.29, 1.82) is 0 Å². The molecular formula is C22H34F3NO6S. The van der Waals surface area contributed by atoms with Gasteiger partial charge in [0.1, 0.15) is 12.4 Å². The van der Waals surface area contributed by atoms with Crippen molar-refractivity contribution in [3.63, 3.8) is 0 Å². The van der Waals surface area contributed by atoms with Crippen LogP contribution >= 0.6 is 0 Å². The summed E-state index contributed by atoms with van der Waals surface area (Å²) in [6.07, 6.45) is -0.950. The van der Waals surface area contributed by atoms with Gasteiger partial charge in [-0.15, -0.1) is 0 Å². The molecule has 0 bridgehead atoms. The molecule has 2 N–H and O–H groups in total. The molecule has 1 rings (SSSR count). The van der Waals surface area contributed by atoms with E-state index < -0.39 is 27.9 Å². The van der Waals surface area contributed by atoms with E-state index in [1.807, 2.05) is 0 Å². The smallest absolute Gasteiger partial charge is 0.416 e. The number of alkyl halides is 3. The monoisotopic (exact) mass is 497 g/mol. The molecule has 0 spiro atoms. The first kappa shape index (κ1) is 29.2. The van der Waals surface area contributed by atoms with Crippen LogP contribution in [0.4, 0.5) is 13.2 Å². The molecule has 0 saturated carbocycles. The summed E-state index contributed by atoms with van der Waals surface area (Å²) >= 11 is 0. The maximum atomic E-state index is 12.7. The van der Waals surface area contributed by atoms with Gasteiger partial charge in [0.05, 0.1) is 24.0 Å². The van der Waals surface area contributed by atoms with Gasteiger partial charge in [-0.05, 0) is 57.2 Å². The van der Waals surface area contributed by atoms with Crippen LogP contribution in [-0.4, -0.2) is 51.1 Å². The number of nitrogens with one attached hydrogen (secondary N) is 1. The molecule has 0 fully saturated rings. The highest BCUT2D eigenvalue weighted by molar-refractivity contribution is 7.89. The van der Waals surface area contributed by atoms with Crippen molar-refractivity contribution in [2.45, 2.75) is 70.6 Å². The average Bonchev–Trinajstić information content (AvgIpc) is 2.74. The minimum Gasteiger partial charge on any atom is -0.491 e. The number of aliphatic hydroxyl groups excluding tert-OH is 1. The van der Waals surface area contributed by atoms with Crippen LogP contribution in [0.5, 0.6) is 5.75 Å². The van der Waals surface area contributed by atoms with Crippen molar-refractivity contribution >= 4 is 16.0 Å². The molecule has 0 aliphatic carbocycles. The first-order valence-corrected chi connectivity index (χ1v) is 12.8. The second-order valence-corrected chi connectivity index (χ2v) is 9.60. The molecule has 0 aliphatic heterocycles. The third kappa shape index (κ3) is 14.1. The lowest BCUT2D eigenvalue weighted by molar-refractivity contribution is -0.143. The normalized spacial score (nSPS) is 13.0. The molecule has 0 amide bonds. The molecular weight excluding hydrogens is 463 g/mol. The summed E-state index contributed by atoms with van der Waals surface area (Å²) in [6.45, 7) is 2.27. The highest BCUT2D eigenvalue weighted by Crippen LogP contribution is 2.31. The maximum absolute atomic E-state index is 12.7. The van der Waals surface area contributed by atoms with Crippen LogP contribution in [0.3, 0.4) is 0 Å². The number of rotatable bonds is 17. The summed E-state index contributed by atoms with van der Waals surface area (Å²) in [5.41, 5.74) is -0.830. The van der Waals surface area contributed by atoms with Crippen molar-refractivity contribution in [2.75, 3.05) is 25.5 Å². The fourth-order valence-electron chi connectivity index (χ4n) is 2.99. The van der Waals surface area contributed by atoms with Crippen LogP contribution in [0.2, 0.25) is 0 Å². The molecule has 0 heterocycles. The van der Waals surface area contributed by atoms with E-state index in [0.717, 1.165) is 25.0 Å². The molecule has 7 nitrogen and oxygen atoms in total. The quantitative estimate of drug-likeness (QED) is 0.249. The number of aliphatic hydroxyl groups is 1. The van der Waals surface area contributed by atoms with E-state index in [0.29, 0.717) is 45.3 Å². The van der Waals surface area contributed by atoms with Crippen LogP contribution in [0.25, 0.3) is 0 Å². The van der Waals surface area contributed by atoms with E-state index >= 15 is 0 Å². The summed E-state index contributed by atoms with van der Waals surface area (Å²) in [5.74, 6) is -0.279. The summed E-state index contributed by atoms with van der Waals surface area (Å²) in [4.78, 5) is 11.2. The average molecular weight is 498 g/mol. The van der Waals surface area contributed by atoms with E-state index in [1.165, 1.54) is 12.1 Å². The lowest BCUT2D eigenvalue weighted by Crippen LogP contribution is -2.27. The zero-order chi connectivity index (χ0) is 24.7. The summed E-state index contributed by atoms with van der Waals surface area (Å²) in [6, 6.07) is 4.40. The van der Waals surface area contributed by atoms with Crippen LogP contribution < -0.4 is 9.46 Å². The van der Waals surface area contributed by atoms with Crippen molar-refractivity contribution in [3.05, 3.63) is 29.8 Å². The molecule has 1 aromatic rings. The van der Waals surface area contributed by atoms with Crippen LogP contribution in [0.15, 0.2) is 24.3 Å². The Morgan fingerprint density at radius 3 is 2.55 bits per heavy atom. The van der Waals surface area contributed by atoms with Gasteiger partial charge in [0, 0.05) is 13.0 Å². The number of unbranched alkanes of at least 4 members (excludes halogenated alkanes) is 4. The van der Waals surface area contributed by atoms with E-state index in [4.69, 9.17) is 9.47 Å². The molecule has 1 unspecified atom stereocenters. The van der Waals surface area contributed by atoms with Crippen molar-refractivity contribution in [2.24, 2.45) is 0 Å². The lowest BCUT2D eigenvalue weighted by atomic mass is 10.1. The Kier molecular flexibility index (Phi) is 13.4. The summed E-state index contributed by atoms with van der Waals surface area (Å²) in [5, 5.41) is 9.94. The van der Waals surface area contributed by atoms with E-state index in [2.05, 4.69) is 4.72 Å². The van der Waals surface area contributed by atoms with Crippen molar-refractivity contribution in [1.82, 2.24) is 4.72 Å². The molecule has 1 atom stereocenters. The van der Waals surface area contributed by atoms with Crippen LogP contribution in [-0.2, 0) is 25.7 Å². The molecule has 0 aromatic heterocycles. The van der Waals surface area contributed by atoms with Crippen LogP contribution in [0.1, 0.15) is 63.9 Å². The Labute approximate surface area is 193 Å². The van der Waals surface area contributed by atoms with E-state index in [9.17, 15) is 31.5 Å². The Bertz CT molecular complexity index is 802. The zero-order valence-electron chi connectivity index (χ0n) is 18.9. The number of benzene rings is 1. The molecule has 33 heavy (non-hydrogen) atoms. The Morgan fingerprint density at radius 2 is 1.85 bits per heavy atom. The number of esters is 1. The number of carbonyl (C=O) groups is 1. The Hall–Kier alpha value is -1.85. The standard InChI is InChI=1S/C22H34F3NO6S/c1-2-31-21(28)13-5-3-4-7-14-26-33(29,30)15-8-6-11-19(27)17-32-20-12-9-10-18(16-20)22(23,24)25/h9-10,12,16,19,26-27H,2-8,11,13-15,17H2,1H3. The number of hydrogen-bond acceptors (Lipinski definition) is 6. The largest absolute Gasteiger partial charge is 0.491 e. The van der Waals surface area contributed by atoms with Gasteiger partial charge in [0.2, 0.25) is 10.0 Å². The fraction of sp³-hybridized carbons (Fsp3) is 0.682. The van der Waals surface area contributed by atoms with Gasteiger partial charge in [0.15, 0.2) is 0 Å². The number of hydrogen-bond donors (Lipinski definition) is 2. The number of ether oxygens (including phenoxy) is 2. The van der Waals surface area contributed by atoms with E-state index in [-0.39, 0.29) is 30.5 Å². The summed E-state index contributed by atoms with van der Waals surface area (Å²) < 4.78 is 74.7. The molecule has 11 heteroatoms. The predicted molar refractivity (Wildman–Crippen MR) is 118 cm³/mol. The topological polar surface area (TPSA) is 102 Å². The second kappa shape index (κ2) is 15.1. The van der Waals surface area contributed by atoms with Gasteiger partial charge < -0.3 is 14.6 Å². The highest BCUT2D eigenvalue weighted by atomic mass is 32.2. The first-order chi connectivity index (χ1) is 15.5. The van der Waals surface area contributed by atoms with Crippen molar-refractivity contribution in [3.8, 4) is 5.75 Å². The third-order valence-electron chi connectivity index (χ3n) is 4.74. The molecule has 190 valence electrons. The van der Waals surface area contributed by atoms with Gasteiger partial charge in [-0.2, -0.15) is 13.2 Å². The van der Waals surface area contributed by atoms with Crippen LogP contribution in [0, 0.1) is 0 Å². The van der Waals surface area contributed by atoms with Gasteiger partial charge in [0.25, 0.3) is 0 Å². The van der Waals surface area contributed by atoms with E-state index in [1.54, 1.807) is 6.92 Å². The molecule has 0 aliphatic rings. The molecule has 0 radical (unpaired) electrons. The van der Waals surface area contributed by atoms with Gasteiger partial charge in [-0.1, -0.05) is 18.9 Å². The number of carbonyl (C=O) groups excluding carboxylic acids is 1. The maximum Gasteiger partial charge on any atom is 0.416 e. The minimum absolute atomic E-state index is 0.0107. The lowest BCUT2D eigenvalue weighted by Gasteiger charge is -2.14. The molecule has 1 aromatic carbocycles.